The lowest BCUT2D eigenvalue weighted by molar-refractivity contribution is -0.120. The Morgan fingerprint density at radius 1 is 0.825 bits per heavy atom. The van der Waals surface area contributed by atoms with E-state index in [1.165, 1.54) is 19.2 Å². The minimum atomic E-state index is -2.76. The molecule has 0 aromatic heterocycles. The molecule has 7 nitrogen and oxygen atoms in total. The standard InChI is InChI=1S/C33H35NO6/c1-37-30-16-14-27(28(21-35)33(30)40-23-26-11-7-4-8-12-26)20-32(36)34-18-17-24-13-15-29(31(19-24)38-2)39-22-25-9-5-3-6-10-25/h3-16,19,35H,17-18,20-23H2,1-2H3,(H,34,36)/i2D3,18D2. The number of carbonyl (C=O) groups excluding carboxylic acids is 1. The van der Waals surface area contributed by atoms with Gasteiger partial charge in [-0.2, -0.15) is 0 Å². The Morgan fingerprint density at radius 3 is 2.15 bits per heavy atom. The van der Waals surface area contributed by atoms with Crippen molar-refractivity contribution in [1.82, 2.24) is 5.32 Å². The van der Waals surface area contributed by atoms with E-state index in [4.69, 9.17) is 25.8 Å². The monoisotopic (exact) mass is 546 g/mol. The second-order valence-corrected chi connectivity index (χ2v) is 8.90. The number of aliphatic hydroxyl groups excluding tert-OH is 1. The fraction of sp³-hybridized carbons (Fsp3) is 0.242. The van der Waals surface area contributed by atoms with E-state index >= 15 is 0 Å². The summed E-state index contributed by atoms with van der Waals surface area (Å²) in [4.78, 5) is 13.0. The highest BCUT2D eigenvalue weighted by Gasteiger charge is 2.17. The van der Waals surface area contributed by atoms with Gasteiger partial charge in [0.2, 0.25) is 5.91 Å². The summed E-state index contributed by atoms with van der Waals surface area (Å²) in [5, 5.41) is 12.6. The van der Waals surface area contributed by atoms with Crippen molar-refractivity contribution < 1.29 is 35.7 Å². The second kappa shape index (κ2) is 14.6. The van der Waals surface area contributed by atoms with Crippen molar-refractivity contribution in [3.8, 4) is 23.0 Å². The van der Waals surface area contributed by atoms with E-state index in [0.29, 0.717) is 28.2 Å². The Kier molecular flexibility index (Phi) is 8.16. The van der Waals surface area contributed by atoms with E-state index in [-0.39, 0.29) is 37.6 Å². The van der Waals surface area contributed by atoms with Gasteiger partial charge in [0.25, 0.3) is 0 Å². The van der Waals surface area contributed by atoms with Gasteiger partial charge in [-0.3, -0.25) is 4.79 Å². The van der Waals surface area contributed by atoms with Crippen molar-refractivity contribution in [2.24, 2.45) is 0 Å². The molecule has 0 unspecified atom stereocenters. The third-order valence-corrected chi connectivity index (χ3v) is 6.15. The summed E-state index contributed by atoms with van der Waals surface area (Å²) < 4.78 is 62.0. The molecule has 4 aromatic rings. The number of rotatable bonds is 14. The van der Waals surface area contributed by atoms with Gasteiger partial charge in [-0.05, 0) is 46.9 Å². The smallest absolute Gasteiger partial charge is 0.224 e. The topological polar surface area (TPSA) is 86.3 Å². The van der Waals surface area contributed by atoms with Crippen LogP contribution in [0.1, 0.15) is 34.7 Å². The van der Waals surface area contributed by atoms with Crippen LogP contribution in [0.2, 0.25) is 0 Å². The molecule has 0 heterocycles. The fourth-order valence-corrected chi connectivity index (χ4v) is 4.09. The summed E-state index contributed by atoms with van der Waals surface area (Å²) in [5.41, 5.74) is 2.96. The van der Waals surface area contributed by atoms with Gasteiger partial charge in [0, 0.05) is 14.8 Å². The van der Waals surface area contributed by atoms with Crippen LogP contribution in [0.4, 0.5) is 0 Å². The molecule has 0 aliphatic rings. The van der Waals surface area contributed by atoms with Gasteiger partial charge in [0.15, 0.2) is 23.0 Å². The Morgan fingerprint density at radius 2 is 1.50 bits per heavy atom. The van der Waals surface area contributed by atoms with Gasteiger partial charge < -0.3 is 29.4 Å². The molecular weight excluding hydrogens is 506 g/mol. The zero-order valence-electron chi connectivity index (χ0n) is 27.2. The van der Waals surface area contributed by atoms with Crippen LogP contribution in [0.15, 0.2) is 91.0 Å². The highest BCUT2D eigenvalue weighted by Crippen LogP contribution is 2.35. The van der Waals surface area contributed by atoms with Crippen molar-refractivity contribution in [3.63, 3.8) is 0 Å². The molecule has 2 N–H and O–H groups in total. The first kappa shape index (κ1) is 22.3. The molecule has 0 fully saturated rings. The summed E-state index contributed by atoms with van der Waals surface area (Å²) in [6.07, 6.45) is -0.517. The van der Waals surface area contributed by atoms with E-state index in [1.807, 2.05) is 60.7 Å². The molecular formula is C33H35NO6. The van der Waals surface area contributed by atoms with Gasteiger partial charge in [0.1, 0.15) is 13.2 Å². The maximum Gasteiger partial charge on any atom is 0.224 e. The Bertz CT molecular complexity index is 1570. The number of methoxy groups -OCH3 is 2. The molecule has 0 aliphatic carbocycles. The van der Waals surface area contributed by atoms with Crippen LogP contribution in [0.5, 0.6) is 23.0 Å². The third kappa shape index (κ3) is 7.77. The highest BCUT2D eigenvalue weighted by molar-refractivity contribution is 5.79. The molecule has 0 atom stereocenters. The van der Waals surface area contributed by atoms with E-state index in [1.54, 1.807) is 18.2 Å². The Labute approximate surface area is 242 Å². The molecule has 0 spiro atoms. The van der Waals surface area contributed by atoms with Gasteiger partial charge in [-0.1, -0.05) is 72.8 Å². The largest absolute Gasteiger partial charge is 0.493 e. The molecule has 0 saturated heterocycles. The van der Waals surface area contributed by atoms with Crippen molar-refractivity contribution in [2.75, 3.05) is 20.6 Å². The van der Waals surface area contributed by atoms with Crippen molar-refractivity contribution >= 4 is 5.91 Å². The van der Waals surface area contributed by atoms with Crippen LogP contribution in [0.3, 0.4) is 0 Å². The minimum absolute atomic E-state index is 0.0700. The lowest BCUT2D eigenvalue weighted by Crippen LogP contribution is -2.27. The number of nitrogens with one attached hydrogen (secondary N) is 1. The van der Waals surface area contributed by atoms with E-state index in [2.05, 4.69) is 5.32 Å². The van der Waals surface area contributed by atoms with Crippen LogP contribution in [0, 0.1) is 0 Å². The van der Waals surface area contributed by atoms with Gasteiger partial charge in [-0.15, -0.1) is 0 Å². The fourth-order valence-electron chi connectivity index (χ4n) is 4.09. The van der Waals surface area contributed by atoms with Crippen LogP contribution >= 0.6 is 0 Å². The molecule has 40 heavy (non-hydrogen) atoms. The predicted molar refractivity (Wildman–Crippen MR) is 154 cm³/mol. The summed E-state index contributed by atoms with van der Waals surface area (Å²) in [6, 6.07) is 26.5. The molecule has 4 rings (SSSR count). The first-order valence-electron chi connectivity index (χ1n) is 15.2. The molecule has 0 bridgehead atoms. The number of carbonyl (C=O) groups is 1. The average Bonchev–Trinajstić information content (AvgIpc) is 2.99. The molecule has 208 valence electrons. The number of aliphatic hydroxyl groups is 1. The maximum atomic E-state index is 13.0. The summed E-state index contributed by atoms with van der Waals surface area (Å²) in [7, 11) is -1.29. The van der Waals surface area contributed by atoms with Crippen LogP contribution < -0.4 is 24.3 Å². The molecule has 7 heteroatoms. The molecule has 0 radical (unpaired) electrons. The van der Waals surface area contributed by atoms with Gasteiger partial charge in [0.05, 0.1) is 31.3 Å². The van der Waals surface area contributed by atoms with Crippen LogP contribution in [-0.4, -0.2) is 31.7 Å². The number of hydrogen-bond acceptors (Lipinski definition) is 6. The summed E-state index contributed by atoms with van der Waals surface area (Å²) in [6.45, 7) is -2.25. The number of hydrogen-bond donors (Lipinski definition) is 2. The zero-order valence-corrected chi connectivity index (χ0v) is 22.2. The summed E-state index contributed by atoms with van der Waals surface area (Å²) >= 11 is 0. The number of aryl methyl sites for hydroxylation is 1. The number of benzene rings is 4. The van der Waals surface area contributed by atoms with Gasteiger partial charge >= 0.3 is 0 Å². The van der Waals surface area contributed by atoms with Crippen molar-refractivity contribution in [1.29, 1.82) is 0 Å². The van der Waals surface area contributed by atoms with E-state index in [9.17, 15) is 9.90 Å². The van der Waals surface area contributed by atoms with Crippen LogP contribution in [0.25, 0.3) is 0 Å². The SMILES string of the molecule is [2H]C([2H])(Cc1ccc(OCc2ccccc2)c(OC([2H])([2H])[2H])c1)NC(=O)Cc1ccc(OC)c(OCc2ccccc2)c1CO. The molecule has 0 aliphatic heterocycles. The quantitative estimate of drug-likeness (QED) is 0.225. The highest BCUT2D eigenvalue weighted by atomic mass is 16.5. The Balaban J connectivity index is 1.46. The molecule has 0 saturated carbocycles. The zero-order chi connectivity index (χ0) is 32.5. The van der Waals surface area contributed by atoms with Gasteiger partial charge in [-0.25, -0.2) is 0 Å². The second-order valence-electron chi connectivity index (χ2n) is 8.90. The summed E-state index contributed by atoms with van der Waals surface area (Å²) in [5.74, 6) is 0.175. The minimum Gasteiger partial charge on any atom is -0.493 e. The first-order chi connectivity index (χ1) is 21.5. The lowest BCUT2D eigenvalue weighted by atomic mass is 10.0. The van der Waals surface area contributed by atoms with E-state index < -0.39 is 26.0 Å². The first-order valence-corrected chi connectivity index (χ1v) is 12.7. The van der Waals surface area contributed by atoms with E-state index in [0.717, 1.165) is 11.1 Å². The third-order valence-electron chi connectivity index (χ3n) is 6.15. The maximum absolute atomic E-state index is 13.0. The number of ether oxygens (including phenoxy) is 4. The lowest BCUT2D eigenvalue weighted by Gasteiger charge is -2.17. The molecule has 4 aromatic carbocycles. The van der Waals surface area contributed by atoms with Crippen LogP contribution in [-0.2, 0) is 37.5 Å². The number of amides is 1. The predicted octanol–water partition coefficient (Wildman–Crippen LogP) is 5.26. The molecule has 1 amide bonds. The average molecular weight is 547 g/mol. The van der Waals surface area contributed by atoms with Crippen molar-refractivity contribution in [3.05, 3.63) is 119 Å². The Hall–Kier alpha value is -4.49. The van der Waals surface area contributed by atoms with Crippen molar-refractivity contribution in [2.45, 2.75) is 32.7 Å². The normalized spacial score (nSPS) is 13.1.